The summed E-state index contributed by atoms with van der Waals surface area (Å²) >= 11 is 0. The molecule has 1 atom stereocenters. The van der Waals surface area contributed by atoms with Gasteiger partial charge in [-0.1, -0.05) is 18.2 Å². The maximum atomic E-state index is 10.2. The van der Waals surface area contributed by atoms with E-state index in [1.165, 1.54) is 0 Å². The van der Waals surface area contributed by atoms with Gasteiger partial charge in [-0.25, -0.2) is 4.98 Å². The first-order valence-corrected chi connectivity index (χ1v) is 5.72. The first-order chi connectivity index (χ1) is 8.70. The van der Waals surface area contributed by atoms with Crippen molar-refractivity contribution in [3.63, 3.8) is 0 Å². The number of pyridine rings is 1. The van der Waals surface area contributed by atoms with Gasteiger partial charge in [0.25, 0.3) is 0 Å². The van der Waals surface area contributed by atoms with Crippen LogP contribution >= 0.6 is 0 Å². The van der Waals surface area contributed by atoms with E-state index in [9.17, 15) is 5.11 Å². The summed E-state index contributed by atoms with van der Waals surface area (Å²) in [6.07, 6.45) is 1.43. The van der Waals surface area contributed by atoms with E-state index < -0.39 is 6.10 Å². The Balaban J connectivity index is 2.16. The lowest BCUT2D eigenvalue weighted by Gasteiger charge is -2.13. The summed E-state index contributed by atoms with van der Waals surface area (Å²) < 4.78 is 5.15. The van der Waals surface area contributed by atoms with E-state index in [-0.39, 0.29) is 0 Å². The van der Waals surface area contributed by atoms with Gasteiger partial charge >= 0.3 is 0 Å². The maximum Gasteiger partial charge on any atom is 0.129 e. The number of nitrogens with zero attached hydrogens (tertiary/aromatic N) is 1. The van der Waals surface area contributed by atoms with Crippen LogP contribution in [-0.2, 0) is 6.42 Å². The van der Waals surface area contributed by atoms with Gasteiger partial charge in [-0.15, -0.1) is 0 Å². The molecule has 18 heavy (non-hydrogen) atoms. The molecule has 1 aromatic carbocycles. The molecule has 0 radical (unpaired) electrons. The van der Waals surface area contributed by atoms with Gasteiger partial charge in [0.1, 0.15) is 11.6 Å². The molecule has 0 saturated carbocycles. The van der Waals surface area contributed by atoms with Crippen molar-refractivity contribution in [3.05, 3.63) is 53.7 Å². The third-order valence-corrected chi connectivity index (χ3v) is 2.79. The zero-order chi connectivity index (χ0) is 13.0. The molecule has 4 heteroatoms. The number of methoxy groups -OCH3 is 1. The van der Waals surface area contributed by atoms with E-state index >= 15 is 0 Å². The van der Waals surface area contributed by atoms with Crippen LogP contribution in [0.5, 0.6) is 5.75 Å². The zero-order valence-corrected chi connectivity index (χ0v) is 10.2. The highest BCUT2D eigenvalue weighted by atomic mass is 16.5. The molecular formula is C14H16N2O2. The summed E-state index contributed by atoms with van der Waals surface area (Å²) in [7, 11) is 1.62. The summed E-state index contributed by atoms with van der Waals surface area (Å²) in [6, 6.07) is 11.2. The quantitative estimate of drug-likeness (QED) is 0.862. The second-order valence-corrected chi connectivity index (χ2v) is 4.05. The lowest BCUT2D eigenvalue weighted by molar-refractivity contribution is 0.179. The molecule has 0 aliphatic rings. The highest BCUT2D eigenvalue weighted by Gasteiger charge is 2.12. The number of rotatable bonds is 4. The average Bonchev–Trinajstić information content (AvgIpc) is 2.39. The second kappa shape index (κ2) is 5.51. The molecule has 2 aromatic rings. The Labute approximate surface area is 106 Å². The topological polar surface area (TPSA) is 68.4 Å². The number of hydrogen-bond acceptors (Lipinski definition) is 4. The summed E-state index contributed by atoms with van der Waals surface area (Å²) in [5, 5.41) is 10.2. The predicted octanol–water partition coefficient (Wildman–Crippen LogP) is 1.95. The van der Waals surface area contributed by atoms with Crippen molar-refractivity contribution in [2.45, 2.75) is 12.5 Å². The number of ether oxygens (including phenoxy) is 1. The number of hydrogen-bond donors (Lipinski definition) is 2. The van der Waals surface area contributed by atoms with Gasteiger partial charge in [-0.05, 0) is 23.8 Å². The van der Waals surface area contributed by atoms with Gasteiger partial charge in [0.05, 0.1) is 13.2 Å². The number of anilines is 1. The van der Waals surface area contributed by atoms with E-state index in [0.717, 1.165) is 11.3 Å². The molecule has 1 heterocycles. The third-order valence-electron chi connectivity index (χ3n) is 2.79. The number of aromatic nitrogens is 1. The first-order valence-electron chi connectivity index (χ1n) is 5.72. The highest BCUT2D eigenvalue weighted by molar-refractivity contribution is 5.41. The Kier molecular flexibility index (Phi) is 3.79. The van der Waals surface area contributed by atoms with Gasteiger partial charge in [-0.2, -0.15) is 0 Å². The predicted molar refractivity (Wildman–Crippen MR) is 70.3 cm³/mol. The van der Waals surface area contributed by atoms with Crippen molar-refractivity contribution >= 4 is 5.82 Å². The average molecular weight is 244 g/mol. The summed E-state index contributed by atoms with van der Waals surface area (Å²) in [5.41, 5.74) is 7.38. The van der Waals surface area contributed by atoms with Crippen LogP contribution in [0.3, 0.4) is 0 Å². The number of aliphatic hydroxyl groups excluding tert-OH is 1. The molecule has 0 saturated heterocycles. The molecule has 1 aromatic heterocycles. The number of nitrogens with two attached hydrogens (primary N) is 1. The molecule has 3 N–H and O–H groups in total. The molecular weight excluding hydrogens is 228 g/mol. The van der Waals surface area contributed by atoms with Crippen molar-refractivity contribution in [1.29, 1.82) is 0 Å². The standard InChI is InChI=1S/C14H16N2O2/c1-18-11-5-2-4-10(8-11)9-13(17)12-6-3-7-16-14(12)15/h2-8,13,17H,9H2,1H3,(H2,15,16). The van der Waals surface area contributed by atoms with Crippen LogP contribution in [0.25, 0.3) is 0 Å². The lowest BCUT2D eigenvalue weighted by Crippen LogP contribution is -2.06. The molecule has 94 valence electrons. The molecule has 2 rings (SSSR count). The fourth-order valence-corrected chi connectivity index (χ4v) is 1.84. The highest BCUT2D eigenvalue weighted by Crippen LogP contribution is 2.23. The SMILES string of the molecule is COc1cccc(CC(O)c2cccnc2N)c1. The molecule has 4 nitrogen and oxygen atoms in total. The van der Waals surface area contributed by atoms with Crippen LogP contribution in [0.2, 0.25) is 0 Å². The third kappa shape index (κ3) is 2.78. The number of benzene rings is 1. The Bertz CT molecular complexity index is 529. The van der Waals surface area contributed by atoms with Crippen molar-refractivity contribution in [1.82, 2.24) is 4.98 Å². The molecule has 0 fully saturated rings. The van der Waals surface area contributed by atoms with Gasteiger partial charge in [0.2, 0.25) is 0 Å². The van der Waals surface area contributed by atoms with Crippen LogP contribution in [0.15, 0.2) is 42.6 Å². The summed E-state index contributed by atoms with van der Waals surface area (Å²) in [5.74, 6) is 1.15. The molecule has 1 unspecified atom stereocenters. The lowest BCUT2D eigenvalue weighted by atomic mass is 10.0. The van der Waals surface area contributed by atoms with Crippen LogP contribution in [0, 0.1) is 0 Å². The van der Waals surface area contributed by atoms with Crippen molar-refractivity contribution in [2.24, 2.45) is 0 Å². The van der Waals surface area contributed by atoms with Crippen LogP contribution in [0.4, 0.5) is 5.82 Å². The first kappa shape index (κ1) is 12.4. The number of aliphatic hydroxyl groups is 1. The van der Waals surface area contributed by atoms with Crippen LogP contribution in [0.1, 0.15) is 17.2 Å². The minimum absolute atomic E-state index is 0.368. The van der Waals surface area contributed by atoms with Gasteiger partial charge in [0, 0.05) is 18.2 Å². The summed E-state index contributed by atoms with van der Waals surface area (Å²) in [6.45, 7) is 0. The fraction of sp³-hybridized carbons (Fsp3) is 0.214. The van der Waals surface area contributed by atoms with E-state index in [1.807, 2.05) is 24.3 Å². The minimum atomic E-state index is -0.661. The second-order valence-electron chi connectivity index (χ2n) is 4.05. The Morgan fingerprint density at radius 3 is 2.89 bits per heavy atom. The Hall–Kier alpha value is -2.07. The Morgan fingerprint density at radius 2 is 2.17 bits per heavy atom. The normalized spacial score (nSPS) is 12.1. The Morgan fingerprint density at radius 1 is 1.33 bits per heavy atom. The van der Waals surface area contributed by atoms with Crippen LogP contribution < -0.4 is 10.5 Å². The van der Waals surface area contributed by atoms with Gasteiger partial charge in [-0.3, -0.25) is 0 Å². The van der Waals surface area contributed by atoms with Crippen molar-refractivity contribution in [3.8, 4) is 5.75 Å². The minimum Gasteiger partial charge on any atom is -0.497 e. The van der Waals surface area contributed by atoms with Crippen LogP contribution in [-0.4, -0.2) is 17.2 Å². The van der Waals surface area contributed by atoms with Gasteiger partial charge < -0.3 is 15.6 Å². The van der Waals surface area contributed by atoms with Crippen molar-refractivity contribution < 1.29 is 9.84 Å². The van der Waals surface area contributed by atoms with Gasteiger partial charge in [0.15, 0.2) is 0 Å². The molecule has 0 amide bonds. The van der Waals surface area contributed by atoms with E-state index in [4.69, 9.17) is 10.5 Å². The monoisotopic (exact) mass is 244 g/mol. The van der Waals surface area contributed by atoms with Crippen molar-refractivity contribution in [2.75, 3.05) is 12.8 Å². The zero-order valence-electron chi connectivity index (χ0n) is 10.2. The van der Waals surface area contributed by atoms with E-state index in [2.05, 4.69) is 4.98 Å². The fourth-order valence-electron chi connectivity index (χ4n) is 1.84. The summed E-state index contributed by atoms with van der Waals surface area (Å²) in [4.78, 5) is 3.97. The molecule has 0 aliphatic heterocycles. The molecule has 0 aliphatic carbocycles. The van der Waals surface area contributed by atoms with E-state index in [1.54, 1.807) is 25.4 Å². The number of nitrogen functional groups attached to an aromatic ring is 1. The molecule has 0 bridgehead atoms. The largest absolute Gasteiger partial charge is 0.497 e. The maximum absolute atomic E-state index is 10.2. The molecule has 0 spiro atoms. The smallest absolute Gasteiger partial charge is 0.129 e. The van der Waals surface area contributed by atoms with E-state index in [0.29, 0.717) is 17.8 Å².